The average Bonchev–Trinajstić information content (AvgIpc) is 2.42. The minimum Gasteiger partial charge on any atom is -0.461 e. The second-order valence-electron chi connectivity index (χ2n) is 2.72. The van der Waals surface area contributed by atoms with Gasteiger partial charge in [0.05, 0.1) is 6.42 Å². The molecule has 0 radical (unpaired) electrons. The summed E-state index contributed by atoms with van der Waals surface area (Å²) in [5, 5.41) is 8.76. The number of hydrogen-bond acceptors (Lipinski definition) is 5. The molecule has 0 aromatic carbocycles. The van der Waals surface area contributed by atoms with Crippen LogP contribution in [0.25, 0.3) is 0 Å². The Morgan fingerprint density at radius 3 is 2.79 bits per heavy atom. The van der Waals surface area contributed by atoms with Crippen molar-refractivity contribution in [2.75, 3.05) is 6.61 Å². The molecule has 1 fully saturated rings. The number of imide groups is 1. The minimum atomic E-state index is -1.22. The van der Waals surface area contributed by atoms with E-state index in [1.54, 1.807) is 0 Å². The van der Waals surface area contributed by atoms with Crippen LogP contribution in [0.5, 0.6) is 0 Å². The van der Waals surface area contributed by atoms with Crippen molar-refractivity contribution in [3.05, 3.63) is 12.7 Å². The molecule has 14 heavy (non-hydrogen) atoms. The Bertz CT molecular complexity index is 298. The second kappa shape index (κ2) is 4.01. The number of ether oxygens (including phenoxy) is 1. The predicted octanol–water partition coefficient (Wildman–Crippen LogP) is -0.520. The molecule has 1 unspecified atom stereocenters. The predicted molar refractivity (Wildman–Crippen MR) is 42.9 cm³/mol. The molecule has 1 aliphatic rings. The van der Waals surface area contributed by atoms with Crippen molar-refractivity contribution in [3.63, 3.8) is 0 Å². The van der Waals surface area contributed by atoms with Gasteiger partial charge >= 0.3 is 5.97 Å². The SMILES string of the molecule is C=CCOC(=O)C1CC(=O)N(O)C1=O. The first-order chi connectivity index (χ1) is 6.57. The van der Waals surface area contributed by atoms with Gasteiger partial charge in [0.15, 0.2) is 0 Å². The van der Waals surface area contributed by atoms with Crippen LogP contribution in [0.1, 0.15) is 6.42 Å². The summed E-state index contributed by atoms with van der Waals surface area (Å²) in [6.45, 7) is 3.29. The molecule has 0 aliphatic carbocycles. The van der Waals surface area contributed by atoms with Gasteiger partial charge in [-0.3, -0.25) is 19.6 Å². The number of nitrogens with zero attached hydrogens (tertiary/aromatic N) is 1. The van der Waals surface area contributed by atoms with Gasteiger partial charge in [-0.25, -0.2) is 0 Å². The third-order valence-electron chi connectivity index (χ3n) is 1.75. The molecule has 0 aromatic rings. The van der Waals surface area contributed by atoms with Gasteiger partial charge in [0.25, 0.3) is 11.8 Å². The van der Waals surface area contributed by atoms with Crippen LogP contribution in [-0.4, -0.2) is 34.7 Å². The molecule has 6 heteroatoms. The molecule has 1 rings (SSSR count). The molecule has 76 valence electrons. The van der Waals surface area contributed by atoms with Crippen molar-refractivity contribution < 1.29 is 24.3 Å². The molecular weight excluding hydrogens is 190 g/mol. The molecule has 1 N–H and O–H groups in total. The van der Waals surface area contributed by atoms with Crippen molar-refractivity contribution in [2.24, 2.45) is 5.92 Å². The topological polar surface area (TPSA) is 83.9 Å². The Hall–Kier alpha value is -1.69. The lowest BCUT2D eigenvalue weighted by molar-refractivity contribution is -0.173. The van der Waals surface area contributed by atoms with E-state index in [9.17, 15) is 14.4 Å². The molecule has 1 heterocycles. The lowest BCUT2D eigenvalue weighted by Crippen LogP contribution is -2.30. The smallest absolute Gasteiger partial charge is 0.319 e. The number of rotatable bonds is 3. The average molecular weight is 199 g/mol. The van der Waals surface area contributed by atoms with Crippen molar-refractivity contribution >= 4 is 17.8 Å². The van der Waals surface area contributed by atoms with E-state index in [-0.39, 0.29) is 18.1 Å². The van der Waals surface area contributed by atoms with E-state index < -0.39 is 23.7 Å². The lowest BCUT2D eigenvalue weighted by Gasteiger charge is -2.06. The van der Waals surface area contributed by atoms with E-state index in [1.807, 2.05) is 0 Å². The van der Waals surface area contributed by atoms with E-state index in [0.29, 0.717) is 0 Å². The Kier molecular flexibility index (Phi) is 2.98. The zero-order valence-corrected chi connectivity index (χ0v) is 7.30. The first kappa shape index (κ1) is 10.4. The molecule has 0 bridgehead atoms. The fourth-order valence-electron chi connectivity index (χ4n) is 1.04. The highest BCUT2D eigenvalue weighted by atomic mass is 16.5. The Morgan fingerprint density at radius 2 is 2.36 bits per heavy atom. The van der Waals surface area contributed by atoms with Gasteiger partial charge in [-0.15, -0.1) is 0 Å². The van der Waals surface area contributed by atoms with Crippen molar-refractivity contribution in [2.45, 2.75) is 6.42 Å². The van der Waals surface area contributed by atoms with Crippen LogP contribution in [0, 0.1) is 5.92 Å². The van der Waals surface area contributed by atoms with Crippen LogP contribution < -0.4 is 0 Å². The molecule has 1 saturated heterocycles. The van der Waals surface area contributed by atoms with Crippen molar-refractivity contribution in [1.29, 1.82) is 0 Å². The Morgan fingerprint density at radius 1 is 1.71 bits per heavy atom. The summed E-state index contributed by atoms with van der Waals surface area (Å²) in [6, 6.07) is 0. The van der Waals surface area contributed by atoms with Crippen LogP contribution in [0.2, 0.25) is 0 Å². The van der Waals surface area contributed by atoms with E-state index in [0.717, 1.165) is 0 Å². The Labute approximate surface area is 79.7 Å². The van der Waals surface area contributed by atoms with Gasteiger partial charge in [-0.05, 0) is 0 Å². The monoisotopic (exact) mass is 199 g/mol. The van der Waals surface area contributed by atoms with E-state index in [1.165, 1.54) is 6.08 Å². The Balaban J connectivity index is 2.62. The van der Waals surface area contributed by atoms with Gasteiger partial charge in [-0.1, -0.05) is 12.7 Å². The minimum absolute atomic E-state index is 0.0256. The molecule has 1 aliphatic heterocycles. The van der Waals surface area contributed by atoms with Gasteiger partial charge in [0.2, 0.25) is 0 Å². The van der Waals surface area contributed by atoms with Crippen LogP contribution in [0.4, 0.5) is 0 Å². The van der Waals surface area contributed by atoms with Crippen LogP contribution >= 0.6 is 0 Å². The van der Waals surface area contributed by atoms with Crippen LogP contribution in [0.3, 0.4) is 0 Å². The zero-order chi connectivity index (χ0) is 10.7. The molecule has 0 saturated carbocycles. The van der Waals surface area contributed by atoms with E-state index in [4.69, 9.17) is 5.21 Å². The second-order valence-corrected chi connectivity index (χ2v) is 2.72. The summed E-state index contributed by atoms with van der Waals surface area (Å²) >= 11 is 0. The molecule has 6 nitrogen and oxygen atoms in total. The summed E-state index contributed by atoms with van der Waals surface area (Å²) in [5.41, 5.74) is 0. The summed E-state index contributed by atoms with van der Waals surface area (Å²) in [5.74, 6) is -3.77. The standard InChI is InChI=1S/C8H9NO5/c1-2-3-14-8(12)5-4-6(10)9(13)7(5)11/h2,5,13H,1,3-4H2. The zero-order valence-electron chi connectivity index (χ0n) is 7.30. The van der Waals surface area contributed by atoms with E-state index >= 15 is 0 Å². The molecular formula is C8H9NO5. The molecule has 2 amide bonds. The number of carbonyl (C=O) groups excluding carboxylic acids is 3. The fraction of sp³-hybridized carbons (Fsp3) is 0.375. The number of hydroxylamine groups is 2. The first-order valence-electron chi connectivity index (χ1n) is 3.91. The van der Waals surface area contributed by atoms with E-state index in [2.05, 4.69) is 11.3 Å². The van der Waals surface area contributed by atoms with Crippen LogP contribution in [-0.2, 0) is 19.1 Å². The maximum absolute atomic E-state index is 11.1. The normalized spacial score (nSPS) is 21.2. The highest BCUT2D eigenvalue weighted by Gasteiger charge is 2.43. The quantitative estimate of drug-likeness (QED) is 0.217. The fourth-order valence-corrected chi connectivity index (χ4v) is 1.04. The maximum atomic E-state index is 11.1. The number of esters is 1. The highest BCUT2D eigenvalue weighted by molar-refractivity contribution is 6.11. The molecule has 1 atom stereocenters. The summed E-state index contributed by atoms with van der Waals surface area (Å²) in [6.07, 6.45) is 1.00. The number of hydrogen-bond donors (Lipinski definition) is 1. The van der Waals surface area contributed by atoms with Gasteiger partial charge in [-0.2, -0.15) is 5.06 Å². The van der Waals surface area contributed by atoms with Gasteiger partial charge < -0.3 is 4.74 Å². The summed E-state index contributed by atoms with van der Waals surface area (Å²) in [7, 11) is 0. The van der Waals surface area contributed by atoms with Crippen LogP contribution in [0.15, 0.2) is 12.7 Å². The summed E-state index contributed by atoms with van der Waals surface area (Å²) < 4.78 is 4.57. The van der Waals surface area contributed by atoms with Gasteiger partial charge in [0.1, 0.15) is 12.5 Å². The third kappa shape index (κ3) is 1.80. The van der Waals surface area contributed by atoms with Gasteiger partial charge in [0, 0.05) is 0 Å². The molecule has 0 spiro atoms. The summed E-state index contributed by atoms with van der Waals surface area (Å²) in [4.78, 5) is 33.0. The third-order valence-corrected chi connectivity index (χ3v) is 1.75. The lowest BCUT2D eigenvalue weighted by atomic mass is 10.1. The number of carbonyl (C=O) groups is 3. The van der Waals surface area contributed by atoms with Crippen molar-refractivity contribution in [3.8, 4) is 0 Å². The maximum Gasteiger partial charge on any atom is 0.319 e. The largest absolute Gasteiger partial charge is 0.461 e. The number of amides is 2. The highest BCUT2D eigenvalue weighted by Crippen LogP contribution is 2.18. The molecule has 0 aromatic heterocycles. The first-order valence-corrected chi connectivity index (χ1v) is 3.91. The van der Waals surface area contributed by atoms with Crippen molar-refractivity contribution in [1.82, 2.24) is 5.06 Å².